The SMILES string of the molecule is CC(C)[C@H]1CSC(Nc2cnn(C(C)C)c2)=N1. The monoisotopic (exact) mass is 252 g/mol. The van der Waals surface area contributed by atoms with Crippen LogP contribution < -0.4 is 5.32 Å². The molecule has 0 radical (unpaired) electrons. The minimum atomic E-state index is 0.395. The van der Waals surface area contributed by atoms with Crippen molar-refractivity contribution in [2.24, 2.45) is 10.9 Å². The van der Waals surface area contributed by atoms with Crippen LogP contribution in [0.4, 0.5) is 5.69 Å². The number of amidine groups is 1. The van der Waals surface area contributed by atoms with Crippen molar-refractivity contribution >= 4 is 22.6 Å². The fraction of sp³-hybridized carbons (Fsp3) is 0.667. The molecule has 17 heavy (non-hydrogen) atoms. The van der Waals surface area contributed by atoms with Gasteiger partial charge in [0.2, 0.25) is 0 Å². The molecule has 2 rings (SSSR count). The fourth-order valence-electron chi connectivity index (χ4n) is 1.61. The number of thioether (sulfide) groups is 1. The fourth-order valence-corrected chi connectivity index (χ4v) is 2.80. The van der Waals surface area contributed by atoms with Gasteiger partial charge in [-0.2, -0.15) is 5.10 Å². The van der Waals surface area contributed by atoms with Crippen LogP contribution in [0.3, 0.4) is 0 Å². The molecule has 1 aromatic heterocycles. The van der Waals surface area contributed by atoms with Gasteiger partial charge in [0.15, 0.2) is 5.17 Å². The molecule has 0 fully saturated rings. The van der Waals surface area contributed by atoms with Gasteiger partial charge in [0.1, 0.15) is 0 Å². The van der Waals surface area contributed by atoms with Crippen molar-refractivity contribution in [2.75, 3.05) is 11.1 Å². The number of anilines is 1. The highest BCUT2D eigenvalue weighted by Gasteiger charge is 2.21. The lowest BCUT2D eigenvalue weighted by atomic mass is 10.1. The predicted molar refractivity (Wildman–Crippen MR) is 74.8 cm³/mol. The van der Waals surface area contributed by atoms with Crippen LogP contribution in [0.5, 0.6) is 0 Å². The molecular formula is C12H20N4S. The predicted octanol–water partition coefficient (Wildman–Crippen LogP) is 3.00. The second kappa shape index (κ2) is 5.12. The van der Waals surface area contributed by atoms with E-state index in [9.17, 15) is 0 Å². The van der Waals surface area contributed by atoms with Gasteiger partial charge in [-0.05, 0) is 19.8 Å². The van der Waals surface area contributed by atoms with Gasteiger partial charge in [-0.3, -0.25) is 9.67 Å². The molecule has 0 amide bonds. The first-order chi connectivity index (χ1) is 8.06. The summed E-state index contributed by atoms with van der Waals surface area (Å²) in [5.74, 6) is 1.69. The Bertz CT molecular complexity index is 408. The van der Waals surface area contributed by atoms with Crippen molar-refractivity contribution in [2.45, 2.75) is 39.8 Å². The normalized spacial score (nSPS) is 20.1. The number of nitrogens with one attached hydrogen (secondary N) is 1. The molecule has 0 unspecified atom stereocenters. The molecule has 1 N–H and O–H groups in total. The first-order valence-corrected chi connectivity index (χ1v) is 7.06. The number of aromatic nitrogens is 2. The number of hydrogen-bond acceptors (Lipinski definition) is 4. The van der Waals surface area contributed by atoms with Crippen LogP contribution in [0.25, 0.3) is 0 Å². The Hall–Kier alpha value is -0.970. The molecule has 0 aromatic carbocycles. The van der Waals surface area contributed by atoms with E-state index in [-0.39, 0.29) is 0 Å². The zero-order valence-corrected chi connectivity index (χ0v) is 11.7. The van der Waals surface area contributed by atoms with E-state index in [0.29, 0.717) is 18.0 Å². The van der Waals surface area contributed by atoms with Crippen LogP contribution in [0.1, 0.15) is 33.7 Å². The highest BCUT2D eigenvalue weighted by Crippen LogP contribution is 2.24. The molecule has 94 valence electrons. The summed E-state index contributed by atoms with van der Waals surface area (Å²) >= 11 is 1.79. The third-order valence-corrected chi connectivity index (χ3v) is 3.81. The summed E-state index contributed by atoms with van der Waals surface area (Å²) in [5, 5.41) is 8.65. The number of hydrogen-bond donors (Lipinski definition) is 1. The molecule has 5 heteroatoms. The molecular weight excluding hydrogens is 232 g/mol. The number of rotatable bonds is 3. The zero-order valence-electron chi connectivity index (χ0n) is 10.8. The van der Waals surface area contributed by atoms with E-state index in [1.165, 1.54) is 0 Å². The maximum absolute atomic E-state index is 4.67. The van der Waals surface area contributed by atoms with Crippen molar-refractivity contribution in [3.05, 3.63) is 12.4 Å². The molecule has 0 saturated heterocycles. The van der Waals surface area contributed by atoms with Gasteiger partial charge >= 0.3 is 0 Å². The van der Waals surface area contributed by atoms with Crippen molar-refractivity contribution in [1.82, 2.24) is 9.78 Å². The van der Waals surface area contributed by atoms with E-state index in [4.69, 9.17) is 0 Å². The maximum atomic E-state index is 4.67. The summed E-state index contributed by atoms with van der Waals surface area (Å²) in [6.07, 6.45) is 3.88. The van der Waals surface area contributed by atoms with Crippen LogP contribution in [-0.2, 0) is 0 Å². The molecule has 1 atom stereocenters. The van der Waals surface area contributed by atoms with Crippen molar-refractivity contribution in [1.29, 1.82) is 0 Å². The summed E-state index contributed by atoms with van der Waals surface area (Å²) in [6, 6.07) is 0.842. The minimum absolute atomic E-state index is 0.395. The van der Waals surface area contributed by atoms with E-state index in [1.807, 2.05) is 17.1 Å². The largest absolute Gasteiger partial charge is 0.332 e. The summed E-state index contributed by atoms with van der Waals surface area (Å²) in [6.45, 7) is 8.67. The smallest absolute Gasteiger partial charge is 0.161 e. The van der Waals surface area contributed by atoms with Crippen molar-refractivity contribution in [3.63, 3.8) is 0 Å². The van der Waals surface area contributed by atoms with Gasteiger partial charge in [-0.1, -0.05) is 25.6 Å². The zero-order chi connectivity index (χ0) is 12.4. The Labute approximate surface area is 107 Å². The molecule has 0 aliphatic carbocycles. The molecule has 0 spiro atoms. The van der Waals surface area contributed by atoms with Crippen molar-refractivity contribution in [3.8, 4) is 0 Å². The van der Waals surface area contributed by atoms with Gasteiger partial charge in [0.25, 0.3) is 0 Å². The quantitative estimate of drug-likeness (QED) is 0.899. The Morgan fingerprint density at radius 1 is 1.41 bits per heavy atom. The van der Waals surface area contributed by atoms with Gasteiger partial charge in [0, 0.05) is 18.0 Å². The highest BCUT2D eigenvalue weighted by atomic mass is 32.2. The van der Waals surface area contributed by atoms with E-state index in [0.717, 1.165) is 16.6 Å². The van der Waals surface area contributed by atoms with Crippen molar-refractivity contribution < 1.29 is 0 Å². The van der Waals surface area contributed by atoms with E-state index in [2.05, 4.69) is 43.1 Å². The molecule has 0 saturated carbocycles. The molecule has 1 aliphatic rings. The summed E-state index contributed by atoms with van der Waals surface area (Å²) in [4.78, 5) is 4.67. The highest BCUT2D eigenvalue weighted by molar-refractivity contribution is 8.14. The van der Waals surface area contributed by atoms with Crippen LogP contribution in [0.15, 0.2) is 17.4 Å². The molecule has 1 aliphatic heterocycles. The molecule has 0 bridgehead atoms. The van der Waals surface area contributed by atoms with E-state index in [1.54, 1.807) is 11.8 Å². The van der Waals surface area contributed by atoms with Crippen LogP contribution in [0, 0.1) is 5.92 Å². The van der Waals surface area contributed by atoms with E-state index >= 15 is 0 Å². The maximum Gasteiger partial charge on any atom is 0.161 e. The lowest BCUT2D eigenvalue weighted by molar-refractivity contribution is 0.532. The van der Waals surface area contributed by atoms with Crippen LogP contribution in [-0.4, -0.2) is 26.7 Å². The molecule has 2 heterocycles. The van der Waals surface area contributed by atoms with Crippen LogP contribution >= 0.6 is 11.8 Å². The summed E-state index contributed by atoms with van der Waals surface area (Å²) in [5.41, 5.74) is 1.02. The van der Waals surface area contributed by atoms with Gasteiger partial charge in [-0.25, -0.2) is 0 Å². The van der Waals surface area contributed by atoms with Gasteiger partial charge in [0.05, 0.1) is 17.9 Å². The van der Waals surface area contributed by atoms with E-state index < -0.39 is 0 Å². The number of nitrogens with zero attached hydrogens (tertiary/aromatic N) is 3. The second-order valence-electron chi connectivity index (χ2n) is 4.98. The van der Waals surface area contributed by atoms with Gasteiger partial charge in [-0.15, -0.1) is 0 Å². The summed E-state index contributed by atoms with van der Waals surface area (Å²) < 4.78 is 1.95. The Morgan fingerprint density at radius 2 is 2.18 bits per heavy atom. The Balaban J connectivity index is 1.99. The van der Waals surface area contributed by atoms with Gasteiger partial charge < -0.3 is 5.32 Å². The lowest BCUT2D eigenvalue weighted by Crippen LogP contribution is -2.12. The average Bonchev–Trinajstić information content (AvgIpc) is 2.87. The number of aliphatic imine (C=N–C) groups is 1. The molecule has 1 aromatic rings. The Kier molecular flexibility index (Phi) is 3.76. The third kappa shape index (κ3) is 3.03. The standard InChI is InChI=1S/C12H20N4S/c1-8(2)11-7-17-12(15-11)14-10-5-13-16(6-10)9(3)4/h5-6,8-9,11H,7H2,1-4H3,(H,14,15)/t11-/m1/s1. The molecule has 4 nitrogen and oxygen atoms in total. The average molecular weight is 252 g/mol. The second-order valence-corrected chi connectivity index (χ2v) is 5.99. The topological polar surface area (TPSA) is 42.2 Å². The summed E-state index contributed by atoms with van der Waals surface area (Å²) in [7, 11) is 0. The minimum Gasteiger partial charge on any atom is -0.332 e. The first kappa shape index (κ1) is 12.5. The van der Waals surface area contributed by atoms with Crippen LogP contribution in [0.2, 0.25) is 0 Å². The third-order valence-electron chi connectivity index (χ3n) is 2.83. The lowest BCUT2D eigenvalue weighted by Gasteiger charge is -2.07. The first-order valence-electron chi connectivity index (χ1n) is 6.08. The Morgan fingerprint density at radius 3 is 2.71 bits per heavy atom.